The molecule has 0 atom stereocenters. The van der Waals surface area contributed by atoms with Crippen molar-refractivity contribution in [3.8, 4) is 11.5 Å². The second-order valence-electron chi connectivity index (χ2n) is 6.61. The van der Waals surface area contributed by atoms with E-state index in [-0.39, 0.29) is 16.7 Å². The van der Waals surface area contributed by atoms with Crippen LogP contribution < -0.4 is 10.1 Å². The van der Waals surface area contributed by atoms with Crippen LogP contribution in [0.25, 0.3) is 0 Å². The first-order valence-corrected chi connectivity index (χ1v) is 12.0. The van der Waals surface area contributed by atoms with Gasteiger partial charge in [0.05, 0.1) is 6.54 Å². The molecule has 0 unspecified atom stereocenters. The summed E-state index contributed by atoms with van der Waals surface area (Å²) >= 11 is 1.15. The van der Waals surface area contributed by atoms with Crippen molar-refractivity contribution in [3.63, 3.8) is 0 Å². The quantitative estimate of drug-likeness (QED) is 0.479. The minimum atomic E-state index is -3.69. The van der Waals surface area contributed by atoms with Gasteiger partial charge in [0.25, 0.3) is 10.0 Å². The van der Waals surface area contributed by atoms with E-state index in [4.69, 9.17) is 4.74 Å². The van der Waals surface area contributed by atoms with E-state index in [0.29, 0.717) is 24.4 Å². The number of hydrogen-bond donors (Lipinski definition) is 1. The number of nitrogens with zero attached hydrogens (tertiary/aromatic N) is 1. The van der Waals surface area contributed by atoms with E-state index in [9.17, 15) is 13.2 Å². The van der Waals surface area contributed by atoms with Gasteiger partial charge < -0.3 is 10.1 Å². The number of anilines is 1. The molecule has 1 heterocycles. The van der Waals surface area contributed by atoms with Gasteiger partial charge in [0.15, 0.2) is 0 Å². The Bertz CT molecular complexity index is 1030. The standard InChI is InChI=1S/C22H24N2O4S2/c1-2-3-15-24(30(26,27)22-10-7-16-29-22)17-21(25)23-18-11-13-20(14-12-18)28-19-8-5-4-6-9-19/h4-14,16H,2-3,15,17H2,1H3,(H,23,25). The second kappa shape index (κ2) is 10.4. The van der Waals surface area contributed by atoms with Crippen LogP contribution in [0.4, 0.5) is 5.69 Å². The Kier molecular flexibility index (Phi) is 7.62. The van der Waals surface area contributed by atoms with Gasteiger partial charge in [-0.2, -0.15) is 4.31 Å². The van der Waals surface area contributed by atoms with Crippen molar-refractivity contribution >= 4 is 33.0 Å². The number of carbonyl (C=O) groups is 1. The average molecular weight is 445 g/mol. The number of benzene rings is 2. The summed E-state index contributed by atoms with van der Waals surface area (Å²) in [5.41, 5.74) is 0.573. The molecule has 0 saturated carbocycles. The molecule has 2 aromatic carbocycles. The van der Waals surface area contributed by atoms with Crippen LogP contribution in [-0.4, -0.2) is 31.7 Å². The highest BCUT2D eigenvalue weighted by atomic mass is 32.2. The molecule has 1 N–H and O–H groups in total. The highest BCUT2D eigenvalue weighted by molar-refractivity contribution is 7.91. The molecule has 158 valence electrons. The maximum Gasteiger partial charge on any atom is 0.253 e. The summed E-state index contributed by atoms with van der Waals surface area (Å²) in [5, 5.41) is 4.47. The maximum atomic E-state index is 12.8. The molecule has 0 aliphatic heterocycles. The van der Waals surface area contributed by atoms with Crippen LogP contribution in [0.2, 0.25) is 0 Å². The van der Waals surface area contributed by atoms with Gasteiger partial charge in [-0.15, -0.1) is 11.3 Å². The minimum absolute atomic E-state index is 0.234. The van der Waals surface area contributed by atoms with Crippen molar-refractivity contribution in [1.82, 2.24) is 4.31 Å². The van der Waals surface area contributed by atoms with Crippen molar-refractivity contribution in [2.75, 3.05) is 18.4 Å². The van der Waals surface area contributed by atoms with Crippen molar-refractivity contribution in [3.05, 3.63) is 72.1 Å². The Balaban J connectivity index is 1.63. The topological polar surface area (TPSA) is 75.7 Å². The Hall–Kier alpha value is -2.68. The molecule has 30 heavy (non-hydrogen) atoms. The molecule has 1 aromatic heterocycles. The molecular formula is C22H24N2O4S2. The Morgan fingerprint density at radius 3 is 2.33 bits per heavy atom. The summed E-state index contributed by atoms with van der Waals surface area (Å²) in [6.45, 7) is 2.05. The SMILES string of the molecule is CCCCN(CC(=O)Nc1ccc(Oc2ccccc2)cc1)S(=O)(=O)c1cccs1. The zero-order valence-electron chi connectivity index (χ0n) is 16.7. The largest absolute Gasteiger partial charge is 0.457 e. The van der Waals surface area contributed by atoms with E-state index in [2.05, 4.69) is 5.32 Å². The van der Waals surface area contributed by atoms with Crippen molar-refractivity contribution in [2.24, 2.45) is 0 Å². The maximum absolute atomic E-state index is 12.8. The third-order valence-electron chi connectivity index (χ3n) is 4.29. The number of thiophene rings is 1. The monoisotopic (exact) mass is 444 g/mol. The molecular weight excluding hydrogens is 420 g/mol. The van der Waals surface area contributed by atoms with Crippen LogP contribution in [0.5, 0.6) is 11.5 Å². The Labute approximate surface area is 181 Å². The zero-order chi connectivity index (χ0) is 21.4. The van der Waals surface area contributed by atoms with Crippen molar-refractivity contribution in [2.45, 2.75) is 24.0 Å². The van der Waals surface area contributed by atoms with Crippen LogP contribution in [-0.2, 0) is 14.8 Å². The van der Waals surface area contributed by atoms with Crippen LogP contribution in [0.15, 0.2) is 76.3 Å². The summed E-state index contributed by atoms with van der Waals surface area (Å²) < 4.78 is 32.9. The van der Waals surface area contributed by atoms with Gasteiger partial charge in [0.2, 0.25) is 5.91 Å². The molecule has 0 bridgehead atoms. The first-order chi connectivity index (χ1) is 14.5. The fraction of sp³-hybridized carbons (Fsp3) is 0.227. The van der Waals surface area contributed by atoms with E-state index in [0.717, 1.165) is 23.5 Å². The number of carbonyl (C=O) groups excluding carboxylic acids is 1. The van der Waals surface area contributed by atoms with Crippen molar-refractivity contribution in [1.29, 1.82) is 0 Å². The van der Waals surface area contributed by atoms with E-state index in [1.807, 2.05) is 37.3 Å². The number of rotatable bonds is 10. The fourth-order valence-electron chi connectivity index (χ4n) is 2.75. The number of para-hydroxylation sites is 1. The number of ether oxygens (including phenoxy) is 1. The lowest BCUT2D eigenvalue weighted by Crippen LogP contribution is -2.38. The molecule has 8 heteroatoms. The molecule has 0 saturated heterocycles. The number of hydrogen-bond acceptors (Lipinski definition) is 5. The second-order valence-corrected chi connectivity index (χ2v) is 9.72. The van der Waals surface area contributed by atoms with E-state index >= 15 is 0 Å². The Morgan fingerprint density at radius 1 is 1.00 bits per heavy atom. The Morgan fingerprint density at radius 2 is 1.70 bits per heavy atom. The third kappa shape index (κ3) is 5.91. The lowest BCUT2D eigenvalue weighted by Gasteiger charge is -2.20. The first kappa shape index (κ1) is 22.0. The predicted octanol–water partition coefficient (Wildman–Crippen LogP) is 4.97. The summed E-state index contributed by atoms with van der Waals surface area (Å²) in [5.74, 6) is 0.978. The smallest absolute Gasteiger partial charge is 0.253 e. The van der Waals surface area contributed by atoms with Gasteiger partial charge in [0.1, 0.15) is 15.7 Å². The van der Waals surface area contributed by atoms with E-state index in [1.165, 1.54) is 4.31 Å². The van der Waals surface area contributed by atoms with Gasteiger partial charge in [-0.25, -0.2) is 8.42 Å². The van der Waals surface area contributed by atoms with Gasteiger partial charge in [-0.05, 0) is 54.3 Å². The van der Waals surface area contributed by atoms with E-state index in [1.54, 1.807) is 41.8 Å². The minimum Gasteiger partial charge on any atom is -0.457 e. The van der Waals surface area contributed by atoms with Crippen LogP contribution in [0, 0.1) is 0 Å². The molecule has 0 spiro atoms. The van der Waals surface area contributed by atoms with Crippen molar-refractivity contribution < 1.29 is 17.9 Å². The molecule has 3 rings (SSSR count). The number of sulfonamides is 1. The molecule has 3 aromatic rings. The molecule has 6 nitrogen and oxygen atoms in total. The average Bonchev–Trinajstić information content (AvgIpc) is 3.29. The lowest BCUT2D eigenvalue weighted by molar-refractivity contribution is -0.116. The third-order valence-corrected chi connectivity index (χ3v) is 7.51. The van der Waals surface area contributed by atoms with Gasteiger partial charge in [-0.1, -0.05) is 37.6 Å². The molecule has 0 aliphatic rings. The first-order valence-electron chi connectivity index (χ1n) is 9.65. The highest BCUT2D eigenvalue weighted by Gasteiger charge is 2.27. The molecule has 0 fully saturated rings. The number of unbranched alkanes of at least 4 members (excludes halogenated alkanes) is 1. The molecule has 1 amide bonds. The summed E-state index contributed by atoms with van der Waals surface area (Å²) in [4.78, 5) is 12.5. The molecule has 0 radical (unpaired) electrons. The van der Waals surface area contributed by atoms with E-state index < -0.39 is 10.0 Å². The lowest BCUT2D eigenvalue weighted by atomic mass is 10.3. The summed E-state index contributed by atoms with van der Waals surface area (Å²) in [6.07, 6.45) is 1.52. The predicted molar refractivity (Wildman–Crippen MR) is 120 cm³/mol. The number of amides is 1. The normalized spacial score (nSPS) is 11.4. The summed E-state index contributed by atoms with van der Waals surface area (Å²) in [6, 6.07) is 19.6. The molecule has 0 aliphatic carbocycles. The van der Waals surface area contributed by atoms with Gasteiger partial charge in [-0.3, -0.25) is 4.79 Å². The zero-order valence-corrected chi connectivity index (χ0v) is 18.3. The highest BCUT2D eigenvalue weighted by Crippen LogP contribution is 2.24. The van der Waals surface area contributed by atoms with Crippen LogP contribution in [0.1, 0.15) is 19.8 Å². The summed E-state index contributed by atoms with van der Waals surface area (Å²) in [7, 11) is -3.69. The number of nitrogens with one attached hydrogen (secondary N) is 1. The fourth-order valence-corrected chi connectivity index (χ4v) is 5.33. The van der Waals surface area contributed by atoms with Crippen LogP contribution >= 0.6 is 11.3 Å². The van der Waals surface area contributed by atoms with Gasteiger partial charge in [0, 0.05) is 12.2 Å². The van der Waals surface area contributed by atoms with Crippen LogP contribution in [0.3, 0.4) is 0 Å². The van der Waals surface area contributed by atoms with Gasteiger partial charge >= 0.3 is 0 Å².